The minimum absolute atomic E-state index is 0.0261. The molecule has 0 bridgehead atoms. The summed E-state index contributed by atoms with van der Waals surface area (Å²) in [5, 5.41) is 0. The zero-order valence-electron chi connectivity index (χ0n) is 19.2. The van der Waals surface area contributed by atoms with Crippen molar-refractivity contribution in [2.24, 2.45) is 23.7 Å². The lowest BCUT2D eigenvalue weighted by atomic mass is 9.83. The first-order valence-electron chi connectivity index (χ1n) is 12.1. The summed E-state index contributed by atoms with van der Waals surface area (Å²) in [6.07, 6.45) is 8.11. The van der Waals surface area contributed by atoms with Crippen molar-refractivity contribution in [1.29, 1.82) is 0 Å². The van der Waals surface area contributed by atoms with E-state index in [2.05, 4.69) is 13.8 Å². The molecule has 0 aliphatic heterocycles. The van der Waals surface area contributed by atoms with E-state index < -0.39 is 0 Å². The van der Waals surface area contributed by atoms with Gasteiger partial charge in [-0.15, -0.1) is 0 Å². The van der Waals surface area contributed by atoms with Gasteiger partial charge in [-0.3, -0.25) is 9.59 Å². The summed E-state index contributed by atoms with van der Waals surface area (Å²) < 4.78 is 11.2. The predicted octanol–water partition coefficient (Wildman–Crippen LogP) is 6.82. The van der Waals surface area contributed by atoms with E-state index in [9.17, 15) is 9.59 Å². The number of hydrogen-bond acceptors (Lipinski definition) is 4. The highest BCUT2D eigenvalue weighted by Crippen LogP contribution is 2.32. The molecule has 2 fully saturated rings. The van der Waals surface area contributed by atoms with Crippen molar-refractivity contribution in [3.8, 4) is 22.6 Å². The van der Waals surface area contributed by atoms with E-state index in [-0.39, 0.29) is 23.8 Å². The molecule has 0 unspecified atom stereocenters. The molecule has 0 atom stereocenters. The number of esters is 2. The summed E-state index contributed by atoms with van der Waals surface area (Å²) in [5.74, 6) is 2.44. The number of rotatable bonds is 5. The summed E-state index contributed by atoms with van der Waals surface area (Å²) in [6, 6.07) is 15.2. The van der Waals surface area contributed by atoms with Gasteiger partial charge in [0.2, 0.25) is 0 Å². The van der Waals surface area contributed by atoms with E-state index >= 15 is 0 Å². The van der Waals surface area contributed by atoms with E-state index in [1.54, 1.807) is 0 Å². The van der Waals surface area contributed by atoms with Crippen LogP contribution in [0.5, 0.6) is 11.5 Å². The number of hydrogen-bond donors (Lipinski definition) is 0. The van der Waals surface area contributed by atoms with Gasteiger partial charge in [0.25, 0.3) is 0 Å². The van der Waals surface area contributed by atoms with Crippen LogP contribution in [-0.2, 0) is 9.59 Å². The van der Waals surface area contributed by atoms with Crippen LogP contribution in [-0.4, -0.2) is 11.9 Å². The highest BCUT2D eigenvalue weighted by atomic mass is 16.5. The molecule has 2 saturated carbocycles. The minimum atomic E-state index is -0.108. The molecule has 0 heterocycles. The Hall–Kier alpha value is -2.62. The highest BCUT2D eigenvalue weighted by Gasteiger charge is 2.27. The second kappa shape index (κ2) is 10.3. The van der Waals surface area contributed by atoms with E-state index in [4.69, 9.17) is 9.47 Å². The Labute approximate surface area is 191 Å². The third-order valence-corrected chi connectivity index (χ3v) is 7.18. The number of ether oxygens (including phenoxy) is 2. The summed E-state index contributed by atoms with van der Waals surface area (Å²) >= 11 is 0. The van der Waals surface area contributed by atoms with Crippen molar-refractivity contribution in [3.63, 3.8) is 0 Å². The van der Waals surface area contributed by atoms with Gasteiger partial charge in [-0.05, 0) is 98.6 Å². The SMILES string of the molecule is CC1CCC(C(=O)Oc2ccc(-c3ccc(OC(=O)C4CCC(C)CC4)cc3)cc2)CC1. The predicted molar refractivity (Wildman–Crippen MR) is 125 cm³/mol. The molecule has 0 N–H and O–H groups in total. The molecule has 32 heavy (non-hydrogen) atoms. The zero-order chi connectivity index (χ0) is 22.5. The van der Waals surface area contributed by atoms with Crippen molar-refractivity contribution in [2.75, 3.05) is 0 Å². The standard InChI is InChI=1S/C28H34O4/c1-19-3-7-23(8-4-19)27(29)31-25-15-11-21(12-16-25)22-13-17-26(18-14-22)32-28(30)24-9-5-20(2)6-10-24/h11-20,23-24H,3-10H2,1-2H3. The molecule has 0 saturated heterocycles. The Bertz CT molecular complexity index is 822. The third-order valence-electron chi connectivity index (χ3n) is 7.18. The molecule has 2 aromatic rings. The van der Waals surface area contributed by atoms with Crippen molar-refractivity contribution >= 4 is 11.9 Å². The molecule has 4 rings (SSSR count). The van der Waals surface area contributed by atoms with E-state index in [1.807, 2.05) is 48.5 Å². The quantitative estimate of drug-likeness (QED) is 0.383. The van der Waals surface area contributed by atoms with Crippen LogP contribution < -0.4 is 9.47 Å². The van der Waals surface area contributed by atoms with E-state index in [1.165, 1.54) is 0 Å². The van der Waals surface area contributed by atoms with Gasteiger partial charge in [0.15, 0.2) is 0 Å². The fraction of sp³-hybridized carbons (Fsp3) is 0.500. The molecule has 170 valence electrons. The van der Waals surface area contributed by atoms with Gasteiger partial charge >= 0.3 is 11.9 Å². The number of carbonyl (C=O) groups excluding carboxylic acids is 2. The third kappa shape index (κ3) is 5.79. The van der Waals surface area contributed by atoms with Crippen LogP contribution in [0, 0.1) is 23.7 Å². The molecular weight excluding hydrogens is 400 g/mol. The van der Waals surface area contributed by atoms with E-state index in [0.717, 1.165) is 62.5 Å². The van der Waals surface area contributed by atoms with Crippen LogP contribution in [0.15, 0.2) is 48.5 Å². The van der Waals surface area contributed by atoms with Gasteiger partial charge in [0.05, 0.1) is 11.8 Å². The molecule has 2 aliphatic carbocycles. The van der Waals surface area contributed by atoms with Crippen LogP contribution in [0.25, 0.3) is 11.1 Å². The van der Waals surface area contributed by atoms with Gasteiger partial charge in [-0.1, -0.05) is 38.1 Å². The Morgan fingerprint density at radius 2 is 0.875 bits per heavy atom. The Morgan fingerprint density at radius 3 is 1.19 bits per heavy atom. The lowest BCUT2D eigenvalue weighted by Crippen LogP contribution is -2.24. The Kier molecular flexibility index (Phi) is 7.29. The highest BCUT2D eigenvalue weighted by molar-refractivity contribution is 5.76. The van der Waals surface area contributed by atoms with Crippen molar-refractivity contribution in [2.45, 2.75) is 65.2 Å². The largest absolute Gasteiger partial charge is 0.426 e. The minimum Gasteiger partial charge on any atom is -0.426 e. The maximum atomic E-state index is 12.4. The number of benzene rings is 2. The van der Waals surface area contributed by atoms with Crippen LogP contribution in [0.3, 0.4) is 0 Å². The topological polar surface area (TPSA) is 52.6 Å². The molecule has 4 nitrogen and oxygen atoms in total. The lowest BCUT2D eigenvalue weighted by Gasteiger charge is -2.24. The van der Waals surface area contributed by atoms with Crippen molar-refractivity contribution in [1.82, 2.24) is 0 Å². The first-order chi connectivity index (χ1) is 15.5. The molecule has 0 aromatic heterocycles. The van der Waals surface area contributed by atoms with Gasteiger partial charge in [-0.25, -0.2) is 0 Å². The maximum absolute atomic E-state index is 12.4. The normalized spacial score (nSPS) is 25.7. The van der Waals surface area contributed by atoms with Crippen LogP contribution in [0.1, 0.15) is 65.2 Å². The molecule has 2 aliphatic rings. The maximum Gasteiger partial charge on any atom is 0.314 e. The molecule has 2 aromatic carbocycles. The average Bonchev–Trinajstić information content (AvgIpc) is 2.81. The first-order valence-corrected chi connectivity index (χ1v) is 12.1. The Morgan fingerprint density at radius 1 is 0.562 bits per heavy atom. The summed E-state index contributed by atoms with van der Waals surface area (Å²) in [6.45, 7) is 4.49. The second-order valence-corrected chi connectivity index (χ2v) is 9.80. The summed E-state index contributed by atoms with van der Waals surface area (Å²) in [5.41, 5.74) is 2.05. The Balaban J connectivity index is 1.31. The van der Waals surface area contributed by atoms with Gasteiger partial charge in [-0.2, -0.15) is 0 Å². The van der Waals surface area contributed by atoms with Crippen LogP contribution in [0.2, 0.25) is 0 Å². The second-order valence-electron chi connectivity index (χ2n) is 9.80. The average molecular weight is 435 g/mol. The molecule has 0 amide bonds. The van der Waals surface area contributed by atoms with Crippen molar-refractivity contribution in [3.05, 3.63) is 48.5 Å². The van der Waals surface area contributed by atoms with Gasteiger partial charge in [0, 0.05) is 0 Å². The lowest BCUT2D eigenvalue weighted by molar-refractivity contribution is -0.141. The summed E-state index contributed by atoms with van der Waals surface area (Å²) in [4.78, 5) is 24.8. The molecule has 0 spiro atoms. The fourth-order valence-corrected chi connectivity index (χ4v) is 4.82. The number of carbonyl (C=O) groups is 2. The molecular formula is C28H34O4. The molecule has 0 radical (unpaired) electrons. The van der Waals surface area contributed by atoms with Crippen LogP contribution >= 0.6 is 0 Å². The smallest absolute Gasteiger partial charge is 0.314 e. The van der Waals surface area contributed by atoms with Crippen molar-refractivity contribution < 1.29 is 19.1 Å². The van der Waals surface area contributed by atoms with Crippen LogP contribution in [0.4, 0.5) is 0 Å². The summed E-state index contributed by atoms with van der Waals surface area (Å²) in [7, 11) is 0. The zero-order valence-corrected chi connectivity index (χ0v) is 19.2. The van der Waals surface area contributed by atoms with Gasteiger partial charge in [0.1, 0.15) is 11.5 Å². The van der Waals surface area contributed by atoms with E-state index in [0.29, 0.717) is 23.3 Å². The molecule has 4 heteroatoms. The van der Waals surface area contributed by atoms with Gasteiger partial charge < -0.3 is 9.47 Å². The first kappa shape index (κ1) is 22.6. The monoisotopic (exact) mass is 434 g/mol. The fourth-order valence-electron chi connectivity index (χ4n) is 4.82.